The van der Waals surface area contributed by atoms with Gasteiger partial charge in [-0.25, -0.2) is 0 Å². The first-order valence-electron chi connectivity index (χ1n) is 2.72. The van der Waals surface area contributed by atoms with Crippen LogP contribution in [0.25, 0.3) is 0 Å². The van der Waals surface area contributed by atoms with Crippen molar-refractivity contribution in [3.8, 4) is 0 Å². The molecule has 0 aromatic rings. The van der Waals surface area contributed by atoms with Crippen LogP contribution >= 0.6 is 0 Å². The van der Waals surface area contributed by atoms with Gasteiger partial charge in [-0.2, -0.15) is 6.92 Å². The van der Waals surface area contributed by atoms with Crippen molar-refractivity contribution < 1.29 is 41.4 Å². The Morgan fingerprint density at radius 3 is 1.91 bits per heavy atom. The van der Waals surface area contributed by atoms with Gasteiger partial charge in [0.15, 0.2) is 0 Å². The summed E-state index contributed by atoms with van der Waals surface area (Å²) in [6, 6.07) is 0. The summed E-state index contributed by atoms with van der Waals surface area (Å²) in [5.41, 5.74) is -0.339. The van der Waals surface area contributed by atoms with Gasteiger partial charge in [0.2, 0.25) is 0 Å². The van der Waals surface area contributed by atoms with Gasteiger partial charge in [-0.15, -0.1) is 0 Å². The molecule has 0 spiro atoms. The molecule has 0 rings (SSSR count). The van der Waals surface area contributed by atoms with Crippen LogP contribution in [0.3, 0.4) is 0 Å². The zero-order chi connectivity index (χ0) is 7.49. The maximum Gasteiger partial charge on any atom is 2.00 e. The minimum absolute atomic E-state index is 0. The molecule has 11 heavy (non-hydrogen) atoms. The molecule has 0 aliphatic carbocycles. The summed E-state index contributed by atoms with van der Waals surface area (Å²) < 4.78 is 4.97. The summed E-state index contributed by atoms with van der Waals surface area (Å²) in [4.78, 5) is 9.83. The molecular weight excluding hydrogens is 217 g/mol. The van der Waals surface area contributed by atoms with Gasteiger partial charge in [0.1, 0.15) is 0 Å². The van der Waals surface area contributed by atoms with Crippen LogP contribution in [-0.4, -0.2) is 11.5 Å². The molecule has 0 unspecified atom stereocenters. The van der Waals surface area contributed by atoms with E-state index < -0.39 is 0 Å². The largest absolute Gasteiger partial charge is 2.00 e. The van der Waals surface area contributed by atoms with E-state index in [1.54, 1.807) is 5.94 Å². The zero-order valence-corrected chi connectivity index (χ0v) is 10.8. The number of rotatable bonds is 1. The van der Waals surface area contributed by atoms with E-state index in [2.05, 4.69) is 6.92 Å². The third-order valence-electron chi connectivity index (χ3n) is 0.543. The molecule has 0 fully saturated rings. The van der Waals surface area contributed by atoms with Gasteiger partial charge in [0.05, 0.1) is 5.60 Å². The second-order valence-electron chi connectivity index (χ2n) is 2.74. The van der Waals surface area contributed by atoms with E-state index in [1.165, 1.54) is 0 Å². The Kier molecular flexibility index (Phi) is 10.5. The average Bonchev–Trinajstić information content (AvgIpc) is 1.62. The summed E-state index contributed by atoms with van der Waals surface area (Å²) in [5, 5.41) is 0. The fourth-order valence-corrected chi connectivity index (χ4v) is 0.390. The van der Waals surface area contributed by atoms with Crippen LogP contribution < -0.4 is 12.4 Å². The van der Waals surface area contributed by atoms with Crippen molar-refractivity contribution in [3.05, 3.63) is 12.7 Å². The Bertz CT molecular complexity index is 145. The molecule has 0 N–H and O–H groups in total. The minimum atomic E-state index is -0.339. The normalized spacial score (nSPS) is 8.27. The second-order valence-corrected chi connectivity index (χ2v) is 2.74. The molecule has 0 aliphatic rings. The number of halogens is 1. The first kappa shape index (κ1) is 17.2. The molecule has 0 aromatic carbocycles. The van der Waals surface area contributed by atoms with Crippen molar-refractivity contribution >= 4 is 5.94 Å². The molecule has 0 radical (unpaired) electrons. The van der Waals surface area contributed by atoms with E-state index in [9.17, 15) is 4.79 Å². The van der Waals surface area contributed by atoms with Crippen LogP contribution in [0, 0.1) is 6.92 Å². The molecule has 0 aromatic heterocycles. The van der Waals surface area contributed by atoms with Crippen molar-refractivity contribution in [2.45, 2.75) is 26.4 Å². The molecule has 0 amide bonds. The van der Waals surface area contributed by atoms with Gasteiger partial charge in [-0.3, -0.25) is 0 Å². The fourth-order valence-electron chi connectivity index (χ4n) is 0.390. The molecule has 0 heterocycles. The Hall–Kier alpha value is 0.0334. The first-order chi connectivity index (χ1) is 3.95. The average molecular weight is 228 g/mol. The first-order valence-corrected chi connectivity index (χ1v) is 2.72. The van der Waals surface area contributed by atoms with Crippen LogP contribution in [0.5, 0.6) is 0 Å². The summed E-state index contributed by atoms with van der Waals surface area (Å²) in [5.74, 6) is 1.61. The predicted octanol–water partition coefficient (Wildman–Crippen LogP) is -1.65. The maximum atomic E-state index is 9.83. The van der Waals surface area contributed by atoms with E-state index in [-0.39, 0.29) is 43.2 Å². The smallest absolute Gasteiger partial charge is 1.00 e. The van der Waals surface area contributed by atoms with E-state index in [4.69, 9.17) is 4.74 Å². The van der Waals surface area contributed by atoms with E-state index >= 15 is 0 Å². The summed E-state index contributed by atoms with van der Waals surface area (Å²) in [6.45, 7) is 8.84. The summed E-state index contributed by atoms with van der Waals surface area (Å²) >= 11 is 0. The third kappa shape index (κ3) is 13.1. The number of hydrogen-bond donors (Lipinski definition) is 0. The molecule has 0 bridgehead atoms. The third-order valence-corrected chi connectivity index (χ3v) is 0.543. The molecule has 60 valence electrons. The van der Waals surface area contributed by atoms with Crippen molar-refractivity contribution in [1.82, 2.24) is 0 Å². The van der Waals surface area contributed by atoms with E-state index in [0.29, 0.717) is 0 Å². The van der Waals surface area contributed by atoms with Gasteiger partial charge in [0, 0.05) is 5.76 Å². The molecule has 4 heteroatoms. The van der Waals surface area contributed by atoms with Crippen molar-refractivity contribution in [1.29, 1.82) is 0 Å². The molecule has 0 atom stereocenters. The second kappa shape index (κ2) is 6.73. The standard InChI is InChI=1S/C7H11O2.ClH.Zn/c1-6(5-8)9-7(2,3)4;;/h1H2,2-4H3;1H;/q-1;;+2/p-1. The van der Waals surface area contributed by atoms with E-state index in [1.807, 2.05) is 20.8 Å². The molecular formula is C7H11ClO2Zn. The van der Waals surface area contributed by atoms with Crippen LogP contribution in [0.4, 0.5) is 0 Å². The SMILES string of the molecule is [CH2-]C(=C=O)OC(C)(C)C.[Cl-].[Zn+2]. The van der Waals surface area contributed by atoms with Gasteiger partial charge in [-0.1, -0.05) is 5.94 Å². The molecule has 0 saturated heterocycles. The fraction of sp³-hybridized carbons (Fsp3) is 0.571. The van der Waals surface area contributed by atoms with Crippen LogP contribution in [0.2, 0.25) is 0 Å². The number of hydrogen-bond acceptors (Lipinski definition) is 2. The van der Waals surface area contributed by atoms with E-state index in [0.717, 1.165) is 0 Å². The van der Waals surface area contributed by atoms with Crippen molar-refractivity contribution in [2.75, 3.05) is 0 Å². The molecule has 0 aliphatic heterocycles. The topological polar surface area (TPSA) is 26.3 Å². The quantitative estimate of drug-likeness (QED) is 0.233. The molecule has 2 nitrogen and oxygen atoms in total. The van der Waals surface area contributed by atoms with Gasteiger partial charge in [0.25, 0.3) is 0 Å². The van der Waals surface area contributed by atoms with Gasteiger partial charge >= 0.3 is 19.5 Å². The Morgan fingerprint density at radius 2 is 1.82 bits per heavy atom. The monoisotopic (exact) mass is 226 g/mol. The number of allylic oxidation sites excluding steroid dienone is 1. The van der Waals surface area contributed by atoms with Gasteiger partial charge < -0.3 is 21.9 Å². The predicted molar refractivity (Wildman–Crippen MR) is 35.4 cm³/mol. The van der Waals surface area contributed by atoms with Crippen molar-refractivity contribution in [2.24, 2.45) is 0 Å². The van der Waals surface area contributed by atoms with Crippen LogP contribution in [-0.2, 0) is 29.0 Å². The number of carbonyl (C=O) groups excluding carboxylic acids is 1. The van der Waals surface area contributed by atoms with Gasteiger partial charge in [-0.05, 0) is 20.8 Å². The van der Waals surface area contributed by atoms with Crippen LogP contribution in [0.15, 0.2) is 5.76 Å². The zero-order valence-electron chi connectivity index (χ0n) is 7.11. The van der Waals surface area contributed by atoms with Crippen LogP contribution in [0.1, 0.15) is 20.8 Å². The summed E-state index contributed by atoms with van der Waals surface area (Å²) in [7, 11) is 0. The molecule has 0 saturated carbocycles. The Labute approximate surface area is 86.6 Å². The summed E-state index contributed by atoms with van der Waals surface area (Å²) in [6.07, 6.45) is 0. The minimum Gasteiger partial charge on any atom is -1.00 e. The number of ether oxygens (including phenoxy) is 1. The Morgan fingerprint density at radius 1 is 1.45 bits per heavy atom. The maximum absolute atomic E-state index is 9.83. The Balaban J connectivity index is -0.000000320. The van der Waals surface area contributed by atoms with Crippen molar-refractivity contribution in [3.63, 3.8) is 0 Å².